The summed E-state index contributed by atoms with van der Waals surface area (Å²) < 4.78 is 7.24. The van der Waals surface area contributed by atoms with Gasteiger partial charge in [0.25, 0.3) is 5.91 Å². The number of ether oxygens (including phenoxy) is 1. The number of nitrogens with zero attached hydrogens (tertiary/aromatic N) is 7. The summed E-state index contributed by atoms with van der Waals surface area (Å²) in [5, 5.41) is 4.45. The Kier molecular flexibility index (Phi) is 5.72. The van der Waals surface area contributed by atoms with Crippen molar-refractivity contribution in [1.29, 1.82) is 0 Å². The van der Waals surface area contributed by atoms with E-state index in [1.165, 1.54) is 0 Å². The van der Waals surface area contributed by atoms with Crippen LogP contribution in [-0.4, -0.2) is 83.0 Å². The van der Waals surface area contributed by atoms with Gasteiger partial charge in [-0.3, -0.25) is 4.79 Å². The van der Waals surface area contributed by atoms with Crippen molar-refractivity contribution in [3.8, 4) is 5.69 Å². The van der Waals surface area contributed by atoms with Crippen LogP contribution in [0.5, 0.6) is 0 Å². The molecule has 166 valence electrons. The van der Waals surface area contributed by atoms with Gasteiger partial charge in [-0.05, 0) is 25.1 Å². The Balaban J connectivity index is 1.24. The van der Waals surface area contributed by atoms with Crippen molar-refractivity contribution < 1.29 is 9.53 Å². The van der Waals surface area contributed by atoms with Crippen molar-refractivity contribution in [2.45, 2.75) is 6.92 Å². The van der Waals surface area contributed by atoms with Gasteiger partial charge in [0, 0.05) is 45.5 Å². The number of carbonyl (C=O) groups is 1. The van der Waals surface area contributed by atoms with E-state index in [1.54, 1.807) is 6.20 Å². The standard InChI is InChI=1S/C23H27N7O2/c1-18-20(17-25-30(18)19-5-3-2-4-6-19)22(31)28-11-9-27(10-12-28)21-7-8-24-23(26-21)29-13-15-32-16-14-29/h2-8,17H,9-16H2,1H3. The first kappa shape index (κ1) is 20.4. The summed E-state index contributed by atoms with van der Waals surface area (Å²) in [4.78, 5) is 28.7. The molecule has 0 atom stereocenters. The molecule has 3 aromatic rings. The Morgan fingerprint density at radius 3 is 2.44 bits per heavy atom. The lowest BCUT2D eigenvalue weighted by Crippen LogP contribution is -2.49. The minimum Gasteiger partial charge on any atom is -0.378 e. The Morgan fingerprint density at radius 1 is 0.938 bits per heavy atom. The number of hydrogen-bond donors (Lipinski definition) is 0. The number of benzene rings is 1. The molecule has 0 saturated carbocycles. The minimum absolute atomic E-state index is 0.0287. The van der Waals surface area contributed by atoms with E-state index in [9.17, 15) is 4.79 Å². The lowest BCUT2D eigenvalue weighted by atomic mass is 10.2. The van der Waals surface area contributed by atoms with Crippen LogP contribution in [0.15, 0.2) is 48.8 Å². The summed E-state index contributed by atoms with van der Waals surface area (Å²) in [6.45, 7) is 7.72. The smallest absolute Gasteiger partial charge is 0.257 e. The van der Waals surface area contributed by atoms with Gasteiger partial charge in [0.1, 0.15) is 5.82 Å². The van der Waals surface area contributed by atoms with Gasteiger partial charge in [-0.2, -0.15) is 10.1 Å². The van der Waals surface area contributed by atoms with Crippen LogP contribution in [0.3, 0.4) is 0 Å². The largest absolute Gasteiger partial charge is 0.378 e. The molecule has 0 spiro atoms. The molecule has 5 rings (SSSR count). The molecule has 2 aliphatic heterocycles. The fourth-order valence-electron chi connectivity index (χ4n) is 4.19. The van der Waals surface area contributed by atoms with E-state index in [0.29, 0.717) is 31.9 Å². The van der Waals surface area contributed by atoms with Crippen LogP contribution >= 0.6 is 0 Å². The van der Waals surface area contributed by atoms with Gasteiger partial charge >= 0.3 is 0 Å². The highest BCUT2D eigenvalue weighted by Gasteiger charge is 2.26. The Bertz CT molecular complexity index is 1070. The highest BCUT2D eigenvalue weighted by Crippen LogP contribution is 2.20. The Labute approximate surface area is 187 Å². The lowest BCUT2D eigenvalue weighted by Gasteiger charge is -2.36. The van der Waals surface area contributed by atoms with Crippen molar-refractivity contribution in [1.82, 2.24) is 24.6 Å². The van der Waals surface area contributed by atoms with E-state index in [2.05, 4.69) is 19.9 Å². The SMILES string of the molecule is Cc1c(C(=O)N2CCN(c3ccnc(N4CCOCC4)n3)CC2)cnn1-c1ccccc1. The summed E-state index contributed by atoms with van der Waals surface area (Å²) >= 11 is 0. The number of anilines is 2. The molecule has 0 bridgehead atoms. The number of amides is 1. The van der Waals surface area contributed by atoms with Crippen LogP contribution in [0.4, 0.5) is 11.8 Å². The minimum atomic E-state index is 0.0287. The van der Waals surface area contributed by atoms with Crippen LogP contribution in [0.1, 0.15) is 16.1 Å². The molecule has 0 aliphatic carbocycles. The molecule has 0 radical (unpaired) electrons. The maximum Gasteiger partial charge on any atom is 0.257 e. The van der Waals surface area contributed by atoms with Crippen LogP contribution in [0.25, 0.3) is 5.69 Å². The van der Waals surface area contributed by atoms with Gasteiger partial charge in [0.2, 0.25) is 5.95 Å². The van der Waals surface area contributed by atoms with Gasteiger partial charge in [-0.15, -0.1) is 0 Å². The topological polar surface area (TPSA) is 79.6 Å². The van der Waals surface area contributed by atoms with Gasteiger partial charge in [0.05, 0.1) is 36.4 Å². The number of rotatable bonds is 4. The van der Waals surface area contributed by atoms with Gasteiger partial charge in [0.15, 0.2) is 0 Å². The molecule has 4 heterocycles. The summed E-state index contributed by atoms with van der Waals surface area (Å²) in [6.07, 6.45) is 3.49. The predicted molar refractivity (Wildman–Crippen MR) is 121 cm³/mol. The molecular weight excluding hydrogens is 406 g/mol. The molecule has 9 nitrogen and oxygen atoms in total. The van der Waals surface area contributed by atoms with E-state index in [4.69, 9.17) is 9.72 Å². The van der Waals surface area contributed by atoms with Crippen molar-refractivity contribution in [3.05, 3.63) is 60.0 Å². The Hall–Kier alpha value is -3.46. The lowest BCUT2D eigenvalue weighted by molar-refractivity contribution is 0.0745. The van der Waals surface area contributed by atoms with E-state index >= 15 is 0 Å². The normalized spacial score (nSPS) is 17.0. The maximum absolute atomic E-state index is 13.2. The average molecular weight is 434 g/mol. The summed E-state index contributed by atoms with van der Waals surface area (Å²) in [5.41, 5.74) is 2.46. The number of piperazine rings is 1. The first-order valence-electron chi connectivity index (χ1n) is 11.0. The molecule has 0 unspecified atom stereocenters. The second kappa shape index (κ2) is 8.96. The van der Waals surface area contributed by atoms with Crippen LogP contribution in [0.2, 0.25) is 0 Å². The molecule has 1 aromatic carbocycles. The average Bonchev–Trinajstić information content (AvgIpc) is 3.26. The van der Waals surface area contributed by atoms with Crippen LogP contribution in [-0.2, 0) is 4.74 Å². The zero-order valence-electron chi connectivity index (χ0n) is 18.2. The molecule has 2 fully saturated rings. The van der Waals surface area contributed by atoms with Crippen molar-refractivity contribution in [2.24, 2.45) is 0 Å². The third-order valence-corrected chi connectivity index (χ3v) is 6.05. The molecule has 1 amide bonds. The first-order chi connectivity index (χ1) is 15.7. The third-order valence-electron chi connectivity index (χ3n) is 6.05. The van der Waals surface area contributed by atoms with Crippen molar-refractivity contribution in [2.75, 3.05) is 62.3 Å². The second-order valence-electron chi connectivity index (χ2n) is 7.98. The van der Waals surface area contributed by atoms with E-state index in [0.717, 1.165) is 49.3 Å². The molecular formula is C23H27N7O2. The van der Waals surface area contributed by atoms with Gasteiger partial charge in [-0.1, -0.05) is 18.2 Å². The molecule has 2 saturated heterocycles. The van der Waals surface area contributed by atoms with E-state index in [1.807, 2.05) is 59.1 Å². The monoisotopic (exact) mass is 433 g/mol. The van der Waals surface area contributed by atoms with Crippen LogP contribution in [0, 0.1) is 6.92 Å². The third kappa shape index (κ3) is 4.03. The van der Waals surface area contributed by atoms with E-state index < -0.39 is 0 Å². The molecule has 0 N–H and O–H groups in total. The molecule has 9 heteroatoms. The predicted octanol–water partition coefficient (Wildman–Crippen LogP) is 1.77. The van der Waals surface area contributed by atoms with Crippen LogP contribution < -0.4 is 9.80 Å². The van der Waals surface area contributed by atoms with Gasteiger partial charge in [-0.25, -0.2) is 9.67 Å². The highest BCUT2D eigenvalue weighted by atomic mass is 16.5. The summed E-state index contributed by atoms with van der Waals surface area (Å²) in [6, 6.07) is 11.8. The second-order valence-corrected chi connectivity index (χ2v) is 7.98. The van der Waals surface area contributed by atoms with Crippen molar-refractivity contribution in [3.63, 3.8) is 0 Å². The zero-order valence-corrected chi connectivity index (χ0v) is 18.2. The molecule has 2 aromatic heterocycles. The molecule has 32 heavy (non-hydrogen) atoms. The summed E-state index contributed by atoms with van der Waals surface area (Å²) in [7, 11) is 0. The molecule has 2 aliphatic rings. The number of morpholine rings is 1. The van der Waals surface area contributed by atoms with Crippen molar-refractivity contribution >= 4 is 17.7 Å². The highest BCUT2D eigenvalue weighted by molar-refractivity contribution is 5.95. The number of hydrogen-bond acceptors (Lipinski definition) is 7. The van der Waals surface area contributed by atoms with Gasteiger partial charge < -0.3 is 19.4 Å². The zero-order chi connectivity index (χ0) is 21.9. The Morgan fingerprint density at radius 2 is 1.69 bits per heavy atom. The fraction of sp³-hybridized carbons (Fsp3) is 0.391. The maximum atomic E-state index is 13.2. The quantitative estimate of drug-likeness (QED) is 0.620. The van der Waals surface area contributed by atoms with E-state index in [-0.39, 0.29) is 5.91 Å². The fourth-order valence-corrected chi connectivity index (χ4v) is 4.19. The number of carbonyl (C=O) groups excluding carboxylic acids is 1. The first-order valence-corrected chi connectivity index (χ1v) is 11.0. The summed E-state index contributed by atoms with van der Waals surface area (Å²) in [5.74, 6) is 1.68. The number of aromatic nitrogens is 4. The number of para-hydroxylation sites is 1.